The number of hydrogen-bond acceptors (Lipinski definition) is 14. The quantitative estimate of drug-likeness (QED) is 0.159. The van der Waals surface area contributed by atoms with Gasteiger partial charge in [0.05, 0.1) is 31.4 Å². The summed E-state index contributed by atoms with van der Waals surface area (Å²) in [5.74, 6) is -12.4. The SMILES string of the molecule is C/C=C/C[C@@H](C)[C@@H](O)[C@H]1C(=O)N[C@@H](CC)C(=O)N(C)[C@H](CO)C(=O)N(C)[C@@H]([C@H](C)COC)C(=O)C[C@@H](C(C)C)C(=O)N(C)[C@@H](CC(C)C)C(=O)C[C@@H](C)C(=O)C[C@H](C)C(=O)N(C)[C@@H](CC(C)C)C(=O)N(C)[C@@H](CC(C)C)C(=O)N(C)[C@@H](C(C)C)C(=O)N1C. The van der Waals surface area contributed by atoms with Crippen molar-refractivity contribution in [2.75, 3.05) is 69.7 Å². The number of hydrogen-bond donors (Lipinski definition) is 3. The number of Topliss-reactive ketones (excluding diaryl/α,β-unsaturated/α-hetero) is 3. The summed E-state index contributed by atoms with van der Waals surface area (Å²) in [6.45, 7) is 27.3. The van der Waals surface area contributed by atoms with E-state index in [4.69, 9.17) is 4.74 Å². The van der Waals surface area contributed by atoms with Crippen LogP contribution in [0.25, 0.3) is 0 Å². The zero-order chi connectivity index (χ0) is 68.3. The molecule has 1 rings (SSSR count). The highest BCUT2D eigenvalue weighted by atomic mass is 16.5. The number of likely N-dealkylation sites (N-methyl/N-ethyl adjacent to an activating group) is 7. The lowest BCUT2D eigenvalue weighted by atomic mass is 9.83. The summed E-state index contributed by atoms with van der Waals surface area (Å²) in [7, 11) is 11.3. The second-order valence-corrected chi connectivity index (χ2v) is 27.2. The summed E-state index contributed by atoms with van der Waals surface area (Å²) in [5, 5.41) is 25.8. The highest BCUT2D eigenvalue weighted by Gasteiger charge is 2.47. The van der Waals surface area contributed by atoms with Crippen LogP contribution in [0, 0.1) is 59.2 Å². The molecule has 0 aromatic rings. The molecule has 0 aliphatic carbocycles. The number of ketones is 3. The van der Waals surface area contributed by atoms with E-state index in [0.29, 0.717) is 0 Å². The number of nitrogens with zero attached hydrogens (tertiary/aromatic N) is 7. The Morgan fingerprint density at radius 1 is 0.511 bits per heavy atom. The third-order valence-electron chi connectivity index (χ3n) is 17.7. The standard InChI is InChI=1S/C66H116N8O14/c1-25-27-28-42(13)58(79)57-59(80)67-47(26-2)62(83)71(20)51(35-75)65(86)73(22)56(45(16)36-88-24)54(78)34-46(40(9)10)61(82)68(17)48(29-37(3)4)53(77)32-43(14)52(76)33-44(15)60(81)69(18)49(30-38(5)6)63(84)70(19)50(31-39(7)8)64(85)72(21)55(41(11)12)66(87)74(57)23/h25,27,37-51,55-58,75,79H,26,28-36H2,1-24H3,(H,67,80)/b27-25+/t42-,43-,44+,45-,46+,47+,48+,49+,50+,51-,55+,56+,57+,58-/m1/s1. The van der Waals surface area contributed by atoms with Crippen LogP contribution in [-0.4, -0.2) is 233 Å². The Balaban J connectivity index is 4.45. The van der Waals surface area contributed by atoms with Crippen molar-refractivity contribution in [3.05, 3.63) is 12.2 Å². The fourth-order valence-electron chi connectivity index (χ4n) is 12.1. The number of allylic oxidation sites excluding steroid dienone is 2. The highest BCUT2D eigenvalue weighted by Crippen LogP contribution is 2.29. The zero-order valence-electron chi connectivity index (χ0n) is 58.1. The largest absolute Gasteiger partial charge is 0.394 e. The van der Waals surface area contributed by atoms with Gasteiger partial charge >= 0.3 is 0 Å². The fourth-order valence-corrected chi connectivity index (χ4v) is 12.1. The van der Waals surface area contributed by atoms with E-state index in [0.717, 1.165) is 14.7 Å². The van der Waals surface area contributed by atoms with Crippen molar-refractivity contribution in [2.45, 2.75) is 217 Å². The Morgan fingerprint density at radius 2 is 0.943 bits per heavy atom. The van der Waals surface area contributed by atoms with Crippen LogP contribution < -0.4 is 5.32 Å². The van der Waals surface area contributed by atoms with Crippen LogP contribution in [0.4, 0.5) is 0 Å². The molecule has 0 bridgehead atoms. The van der Waals surface area contributed by atoms with Gasteiger partial charge in [-0.05, 0) is 74.5 Å². The smallest absolute Gasteiger partial charge is 0.248 e. The molecule has 1 aliphatic rings. The van der Waals surface area contributed by atoms with Crippen molar-refractivity contribution in [2.24, 2.45) is 59.2 Å². The third kappa shape index (κ3) is 21.5. The molecule has 22 heteroatoms. The van der Waals surface area contributed by atoms with Gasteiger partial charge in [-0.2, -0.15) is 0 Å². The van der Waals surface area contributed by atoms with Gasteiger partial charge in [0, 0.05) is 99.4 Å². The number of methoxy groups -OCH3 is 1. The van der Waals surface area contributed by atoms with Crippen molar-refractivity contribution in [3.63, 3.8) is 0 Å². The number of rotatable bonds is 17. The van der Waals surface area contributed by atoms with Crippen molar-refractivity contribution in [3.8, 4) is 0 Å². The summed E-state index contributed by atoms with van der Waals surface area (Å²) in [6.07, 6.45) is 1.90. The molecule has 22 nitrogen and oxygen atoms in total. The minimum Gasteiger partial charge on any atom is -0.394 e. The van der Waals surface area contributed by atoms with E-state index in [1.807, 2.05) is 41.5 Å². The second kappa shape index (κ2) is 36.9. The van der Waals surface area contributed by atoms with Crippen molar-refractivity contribution in [1.29, 1.82) is 0 Å². The van der Waals surface area contributed by atoms with E-state index in [1.54, 1.807) is 81.4 Å². The van der Waals surface area contributed by atoms with E-state index in [9.17, 15) is 48.6 Å². The van der Waals surface area contributed by atoms with Crippen LogP contribution in [0.2, 0.25) is 0 Å². The number of carbonyl (C=O) groups excluding carboxylic acids is 11. The minimum atomic E-state index is -1.66. The van der Waals surface area contributed by atoms with Crippen LogP contribution >= 0.6 is 0 Å². The molecule has 3 N–H and O–H groups in total. The van der Waals surface area contributed by atoms with Crippen molar-refractivity contribution in [1.82, 2.24) is 39.6 Å². The summed E-state index contributed by atoms with van der Waals surface area (Å²) >= 11 is 0. The van der Waals surface area contributed by atoms with Gasteiger partial charge in [-0.1, -0.05) is 116 Å². The first kappa shape index (κ1) is 80.4. The van der Waals surface area contributed by atoms with Gasteiger partial charge in [0.1, 0.15) is 42.0 Å². The fraction of sp³-hybridized carbons (Fsp3) is 0.803. The molecule has 88 heavy (non-hydrogen) atoms. The number of aliphatic hydroxyl groups is 2. The maximum absolute atomic E-state index is 15.2. The molecule has 0 aromatic heterocycles. The molecule has 0 aromatic carbocycles. The number of aliphatic hydroxyl groups excluding tert-OH is 2. The van der Waals surface area contributed by atoms with E-state index >= 15 is 14.4 Å². The Labute approximate surface area is 527 Å². The van der Waals surface area contributed by atoms with Crippen LogP contribution in [-0.2, 0) is 57.5 Å². The monoisotopic (exact) mass is 1240 g/mol. The molecule has 0 spiro atoms. The van der Waals surface area contributed by atoms with Crippen molar-refractivity contribution >= 4 is 64.6 Å². The number of amides is 8. The molecule has 1 saturated heterocycles. The Hall–Kier alpha value is -5.61. The summed E-state index contributed by atoms with van der Waals surface area (Å²) in [6, 6.07) is -10.5. The Morgan fingerprint density at radius 3 is 1.40 bits per heavy atom. The molecule has 0 radical (unpaired) electrons. The molecule has 1 fully saturated rings. The summed E-state index contributed by atoms with van der Waals surface area (Å²) in [4.78, 5) is 171. The van der Waals surface area contributed by atoms with E-state index < -0.39 is 161 Å². The Kier molecular flexibility index (Phi) is 33.7. The molecular weight excluding hydrogens is 1130 g/mol. The zero-order valence-corrected chi connectivity index (χ0v) is 58.1. The molecule has 1 heterocycles. The average Bonchev–Trinajstić information content (AvgIpc) is 3.25. The average molecular weight is 1250 g/mol. The number of nitrogens with one attached hydrogen (secondary N) is 1. The molecule has 504 valence electrons. The first-order chi connectivity index (χ1) is 40.7. The van der Waals surface area contributed by atoms with Gasteiger partial charge in [-0.3, -0.25) is 52.7 Å². The van der Waals surface area contributed by atoms with Crippen LogP contribution in [0.1, 0.15) is 162 Å². The number of carbonyl (C=O) groups is 11. The van der Waals surface area contributed by atoms with Gasteiger partial charge in [0.15, 0.2) is 11.6 Å². The van der Waals surface area contributed by atoms with E-state index in [2.05, 4.69) is 5.32 Å². The topological polar surface area (TPSA) is 272 Å². The lowest BCUT2D eigenvalue weighted by Crippen LogP contribution is -2.64. The van der Waals surface area contributed by atoms with Gasteiger partial charge in [-0.25, -0.2) is 0 Å². The van der Waals surface area contributed by atoms with Gasteiger partial charge in [-0.15, -0.1) is 0 Å². The predicted octanol–water partition coefficient (Wildman–Crippen LogP) is 5.14. The first-order valence-corrected chi connectivity index (χ1v) is 31.9. The molecule has 0 unspecified atom stereocenters. The maximum Gasteiger partial charge on any atom is 0.248 e. The van der Waals surface area contributed by atoms with Crippen LogP contribution in [0.5, 0.6) is 0 Å². The molecule has 0 saturated carbocycles. The molecule has 14 atom stereocenters. The minimum absolute atomic E-state index is 0.0155. The van der Waals surface area contributed by atoms with Gasteiger partial charge < -0.3 is 54.6 Å². The summed E-state index contributed by atoms with van der Waals surface area (Å²) in [5.41, 5.74) is 0. The highest BCUT2D eigenvalue weighted by molar-refractivity contribution is 6.00. The third-order valence-corrected chi connectivity index (χ3v) is 17.7. The van der Waals surface area contributed by atoms with E-state index in [-0.39, 0.29) is 81.5 Å². The summed E-state index contributed by atoms with van der Waals surface area (Å²) < 4.78 is 5.47. The first-order valence-electron chi connectivity index (χ1n) is 31.9. The van der Waals surface area contributed by atoms with Crippen molar-refractivity contribution < 1.29 is 67.7 Å². The maximum atomic E-state index is 15.2. The van der Waals surface area contributed by atoms with Crippen LogP contribution in [0.15, 0.2) is 12.2 Å². The Bertz CT molecular complexity index is 2390. The predicted molar refractivity (Wildman–Crippen MR) is 340 cm³/mol. The molecule has 8 amide bonds. The molecular formula is C66H116N8O14. The van der Waals surface area contributed by atoms with Gasteiger partial charge in [0.25, 0.3) is 0 Å². The van der Waals surface area contributed by atoms with E-state index in [1.165, 1.54) is 76.0 Å². The lowest BCUT2D eigenvalue weighted by molar-refractivity contribution is -0.158. The normalized spacial score (nSPS) is 27.8. The molecule has 1 aliphatic heterocycles. The van der Waals surface area contributed by atoms with Crippen LogP contribution in [0.3, 0.4) is 0 Å². The lowest BCUT2D eigenvalue weighted by Gasteiger charge is -2.41. The number of ether oxygens (including phenoxy) is 1. The van der Waals surface area contributed by atoms with Gasteiger partial charge in [0.2, 0.25) is 47.3 Å². The second-order valence-electron chi connectivity index (χ2n) is 27.2.